The molecule has 0 bridgehead atoms. The fourth-order valence-electron chi connectivity index (χ4n) is 3.42. The van der Waals surface area contributed by atoms with Gasteiger partial charge in [0.05, 0.1) is 11.4 Å². The number of hydrogen-bond acceptors (Lipinski definition) is 5. The van der Waals surface area contributed by atoms with Crippen molar-refractivity contribution in [3.05, 3.63) is 30.4 Å². The van der Waals surface area contributed by atoms with Crippen LogP contribution in [0.5, 0.6) is 0 Å². The van der Waals surface area contributed by atoms with Crippen molar-refractivity contribution in [3.8, 4) is 11.4 Å². The Morgan fingerprint density at radius 2 is 2.00 bits per heavy atom. The molecule has 0 aromatic carbocycles. The minimum atomic E-state index is -3.37. The SMILES string of the molecule is CCn1nccc1-c1nccnc1C[C@H]1CCCN(S(=O)(=O)N(C)C)C1. The Morgan fingerprint density at radius 3 is 2.73 bits per heavy atom. The van der Waals surface area contributed by atoms with Crippen LogP contribution in [0.2, 0.25) is 0 Å². The van der Waals surface area contributed by atoms with Crippen LogP contribution in [0.4, 0.5) is 0 Å². The second kappa shape index (κ2) is 7.81. The minimum absolute atomic E-state index is 0.229. The number of rotatable bonds is 6. The fourth-order valence-corrected chi connectivity index (χ4v) is 4.64. The highest BCUT2D eigenvalue weighted by Crippen LogP contribution is 2.27. The molecule has 0 spiro atoms. The van der Waals surface area contributed by atoms with Crippen LogP contribution in [0.15, 0.2) is 24.7 Å². The second-order valence-corrected chi connectivity index (χ2v) is 8.89. The molecular weight excluding hydrogens is 352 g/mol. The molecule has 1 saturated heterocycles. The van der Waals surface area contributed by atoms with E-state index in [1.54, 1.807) is 37.0 Å². The number of aryl methyl sites for hydroxylation is 1. The van der Waals surface area contributed by atoms with Crippen LogP contribution in [-0.4, -0.2) is 64.0 Å². The summed E-state index contributed by atoms with van der Waals surface area (Å²) >= 11 is 0. The van der Waals surface area contributed by atoms with Gasteiger partial charge in [0.15, 0.2) is 0 Å². The summed E-state index contributed by atoms with van der Waals surface area (Å²) < 4.78 is 29.6. The van der Waals surface area contributed by atoms with Crippen molar-refractivity contribution in [1.82, 2.24) is 28.4 Å². The van der Waals surface area contributed by atoms with E-state index in [1.807, 2.05) is 17.7 Å². The molecule has 1 aliphatic heterocycles. The van der Waals surface area contributed by atoms with E-state index >= 15 is 0 Å². The van der Waals surface area contributed by atoms with Gasteiger partial charge in [0.25, 0.3) is 10.2 Å². The Bertz CT molecular complexity index is 848. The average molecular weight is 379 g/mol. The Kier molecular flexibility index (Phi) is 5.69. The highest BCUT2D eigenvalue weighted by atomic mass is 32.2. The van der Waals surface area contributed by atoms with Gasteiger partial charge in [-0.1, -0.05) is 0 Å². The summed E-state index contributed by atoms with van der Waals surface area (Å²) in [6.45, 7) is 3.89. The zero-order valence-corrected chi connectivity index (χ0v) is 16.4. The molecule has 2 aromatic heterocycles. The normalized spacial score (nSPS) is 19.2. The molecule has 26 heavy (non-hydrogen) atoms. The number of nitrogens with zero attached hydrogens (tertiary/aromatic N) is 6. The lowest BCUT2D eigenvalue weighted by atomic mass is 9.93. The smallest absolute Gasteiger partial charge is 0.264 e. The summed E-state index contributed by atoms with van der Waals surface area (Å²) in [5.74, 6) is 0.229. The standard InChI is InChI=1S/C17H26N6O2S/c1-4-23-16(7-8-20-23)17-15(18-9-10-19-17)12-14-6-5-11-22(13-14)26(24,25)21(2)3/h7-10,14H,4-6,11-13H2,1-3H3/t14-/m1/s1. The molecule has 3 rings (SSSR count). The molecule has 0 radical (unpaired) electrons. The predicted molar refractivity (Wildman–Crippen MR) is 99.5 cm³/mol. The highest BCUT2D eigenvalue weighted by molar-refractivity contribution is 7.86. The highest BCUT2D eigenvalue weighted by Gasteiger charge is 2.31. The maximum absolute atomic E-state index is 12.4. The molecule has 1 atom stereocenters. The van der Waals surface area contributed by atoms with Gasteiger partial charge in [0, 0.05) is 52.3 Å². The first-order chi connectivity index (χ1) is 12.4. The van der Waals surface area contributed by atoms with E-state index < -0.39 is 10.2 Å². The Labute approximate surface area is 155 Å². The van der Waals surface area contributed by atoms with E-state index in [0.29, 0.717) is 19.5 Å². The summed E-state index contributed by atoms with van der Waals surface area (Å²) in [6, 6.07) is 1.95. The number of piperidine rings is 1. The van der Waals surface area contributed by atoms with Crippen molar-refractivity contribution in [3.63, 3.8) is 0 Å². The van der Waals surface area contributed by atoms with Gasteiger partial charge >= 0.3 is 0 Å². The average Bonchev–Trinajstić information content (AvgIpc) is 3.11. The van der Waals surface area contributed by atoms with Crippen molar-refractivity contribution in [2.24, 2.45) is 5.92 Å². The van der Waals surface area contributed by atoms with E-state index in [2.05, 4.69) is 15.1 Å². The molecule has 142 valence electrons. The molecule has 0 saturated carbocycles. The first-order valence-electron chi connectivity index (χ1n) is 8.93. The van der Waals surface area contributed by atoms with Gasteiger partial charge in [-0.2, -0.15) is 22.1 Å². The molecule has 0 amide bonds. The largest absolute Gasteiger partial charge is 0.281 e. The summed E-state index contributed by atoms with van der Waals surface area (Å²) in [6.07, 6.45) is 7.71. The second-order valence-electron chi connectivity index (χ2n) is 6.74. The molecule has 1 fully saturated rings. The maximum Gasteiger partial charge on any atom is 0.281 e. The third-order valence-corrected chi connectivity index (χ3v) is 6.69. The lowest BCUT2D eigenvalue weighted by Gasteiger charge is -2.33. The number of hydrogen-bond donors (Lipinski definition) is 0. The van der Waals surface area contributed by atoms with E-state index in [0.717, 1.165) is 36.5 Å². The van der Waals surface area contributed by atoms with Gasteiger partial charge < -0.3 is 0 Å². The van der Waals surface area contributed by atoms with Gasteiger partial charge in [0.2, 0.25) is 0 Å². The van der Waals surface area contributed by atoms with E-state index in [1.165, 1.54) is 4.31 Å². The summed E-state index contributed by atoms with van der Waals surface area (Å²) in [5, 5.41) is 4.32. The van der Waals surface area contributed by atoms with Crippen molar-refractivity contribution in [2.75, 3.05) is 27.2 Å². The van der Waals surface area contributed by atoms with E-state index in [-0.39, 0.29) is 5.92 Å². The number of aromatic nitrogens is 4. The van der Waals surface area contributed by atoms with Crippen LogP contribution in [0, 0.1) is 5.92 Å². The van der Waals surface area contributed by atoms with E-state index in [4.69, 9.17) is 0 Å². The fraction of sp³-hybridized carbons (Fsp3) is 0.588. The van der Waals surface area contributed by atoms with Gasteiger partial charge in [-0.05, 0) is 38.2 Å². The zero-order valence-electron chi connectivity index (χ0n) is 15.5. The Balaban J connectivity index is 1.82. The quantitative estimate of drug-likeness (QED) is 0.759. The van der Waals surface area contributed by atoms with Gasteiger partial charge in [-0.25, -0.2) is 0 Å². The van der Waals surface area contributed by atoms with Crippen molar-refractivity contribution in [2.45, 2.75) is 32.7 Å². The summed E-state index contributed by atoms with van der Waals surface area (Å²) in [5.41, 5.74) is 2.68. The van der Waals surface area contributed by atoms with Crippen molar-refractivity contribution >= 4 is 10.2 Å². The van der Waals surface area contributed by atoms with Crippen LogP contribution in [0.1, 0.15) is 25.5 Å². The summed E-state index contributed by atoms with van der Waals surface area (Å²) in [7, 11) is -0.223. The molecule has 1 aliphatic rings. The predicted octanol–water partition coefficient (Wildman–Crippen LogP) is 1.42. The van der Waals surface area contributed by atoms with Crippen LogP contribution < -0.4 is 0 Å². The van der Waals surface area contributed by atoms with Crippen LogP contribution >= 0.6 is 0 Å². The lowest BCUT2D eigenvalue weighted by Crippen LogP contribution is -2.45. The first kappa shape index (κ1) is 18.9. The maximum atomic E-state index is 12.4. The van der Waals surface area contributed by atoms with Crippen LogP contribution in [0.25, 0.3) is 11.4 Å². The topological polar surface area (TPSA) is 84.2 Å². The summed E-state index contributed by atoms with van der Waals surface area (Å²) in [4.78, 5) is 9.07. The molecule has 0 aliphatic carbocycles. The lowest BCUT2D eigenvalue weighted by molar-refractivity contribution is 0.253. The van der Waals surface area contributed by atoms with Crippen LogP contribution in [-0.2, 0) is 23.2 Å². The molecule has 2 aromatic rings. The molecule has 0 unspecified atom stereocenters. The monoisotopic (exact) mass is 378 g/mol. The van der Waals surface area contributed by atoms with Crippen LogP contribution in [0.3, 0.4) is 0 Å². The third-order valence-electron chi connectivity index (χ3n) is 4.78. The Hall–Kier alpha value is -1.84. The van der Waals surface area contributed by atoms with E-state index in [9.17, 15) is 8.42 Å². The Morgan fingerprint density at radius 1 is 1.23 bits per heavy atom. The van der Waals surface area contributed by atoms with Gasteiger partial charge in [-0.3, -0.25) is 14.6 Å². The molecule has 8 nitrogen and oxygen atoms in total. The molecular formula is C17H26N6O2S. The minimum Gasteiger partial charge on any atom is -0.264 e. The van der Waals surface area contributed by atoms with Crippen molar-refractivity contribution in [1.29, 1.82) is 0 Å². The first-order valence-corrected chi connectivity index (χ1v) is 10.3. The molecule has 3 heterocycles. The molecule has 9 heteroatoms. The molecule has 0 N–H and O–H groups in total. The van der Waals surface area contributed by atoms with Gasteiger partial charge in [-0.15, -0.1) is 0 Å². The zero-order chi connectivity index (χ0) is 18.7. The third kappa shape index (κ3) is 3.79. The van der Waals surface area contributed by atoms with Gasteiger partial charge in [0.1, 0.15) is 5.69 Å². The van der Waals surface area contributed by atoms with Crippen molar-refractivity contribution < 1.29 is 8.42 Å².